The topological polar surface area (TPSA) is 260 Å². The Kier molecular flexibility index (Phi) is 33.9. The first kappa shape index (κ1) is 81.0. The van der Waals surface area contributed by atoms with E-state index in [-0.39, 0.29) is 23.4 Å². The number of carbonyl (C=O) groups is 3. The highest BCUT2D eigenvalue weighted by Crippen LogP contribution is 2.29. The van der Waals surface area contributed by atoms with Gasteiger partial charge in [-0.1, -0.05) is 60.7 Å². The number of ether oxygens (including phenoxy) is 2. The van der Waals surface area contributed by atoms with Gasteiger partial charge in [-0.25, -0.2) is 19.5 Å². The molecule has 5 aliphatic rings. The van der Waals surface area contributed by atoms with Crippen molar-refractivity contribution in [3.63, 3.8) is 0 Å². The van der Waals surface area contributed by atoms with Crippen molar-refractivity contribution in [2.45, 2.75) is 115 Å². The van der Waals surface area contributed by atoms with Gasteiger partial charge in [0, 0.05) is 85.8 Å². The van der Waals surface area contributed by atoms with Crippen molar-refractivity contribution in [3.8, 4) is 29.7 Å². The summed E-state index contributed by atoms with van der Waals surface area (Å²) in [6, 6.07) is 55.5. The summed E-state index contributed by atoms with van der Waals surface area (Å²) in [7, 11) is -1.00. The van der Waals surface area contributed by atoms with E-state index in [1.165, 1.54) is 29.0 Å². The van der Waals surface area contributed by atoms with Crippen molar-refractivity contribution in [1.82, 2.24) is 35.0 Å². The number of nitrogens with two attached hydrogens (primary N) is 1. The predicted octanol–water partition coefficient (Wildman–Crippen LogP) is 16.2. The standard InChI is InChI=1S/C32H33N5O2.C20H20BrN3O.C13H17N3.C12H14N2O.C6H4BrNO2.CH3F/c1-34-27-6-9-29(10-7-27)39-30-14-18-37(19-15-30)28-8-11-31(35-22-28)32(38)20-24-12-16-36(17-13-24)23-26-4-2-25(21-33)3-5-26;21-18-5-6-19(23-13-18)20(25)11-15-7-9-24(10-8-15)14-17-3-1-16(12-22)2-4-17;14-9-11-1-3-12(4-2-11)10-16-7-5-13(15)6-8-16;1-13-10-2-4-11(5-3-10)15-12-6-8-14-9-7-12;7-4-1-2-5(6(9)10)8-3-4;1-2/h2-11,22,24,30H,12-20,23H2;1-6,13,15H,7-11,14H2;1-4,13H,5-8,10,15H2;2-5,12,14H,6-9H2;1-3H,(H,9,10);1H3/i;;;;;1D. The molecule has 20 nitrogen and oxygen atoms in total. The van der Waals surface area contributed by atoms with Crippen LogP contribution in [0.3, 0.4) is 0 Å². The average molecular weight is 1570 g/mol. The third kappa shape index (κ3) is 28.6. The van der Waals surface area contributed by atoms with E-state index in [0.29, 0.717) is 70.7 Å². The maximum atomic E-state index is 12.9. The van der Waals surface area contributed by atoms with Crippen molar-refractivity contribution in [2.75, 3.05) is 77.5 Å². The zero-order valence-corrected chi connectivity index (χ0v) is 63.3. The third-order valence-corrected chi connectivity index (χ3v) is 20.0. The second-order valence-electron chi connectivity index (χ2n) is 26.7. The minimum Gasteiger partial charge on any atom is -0.490 e. The zero-order valence-electron chi connectivity index (χ0n) is 61.1. The summed E-state index contributed by atoms with van der Waals surface area (Å²) >= 11 is 6.48. The number of alkyl halides is 1. The molecule has 5 saturated heterocycles. The van der Waals surface area contributed by atoms with E-state index in [2.05, 4.69) is 99.6 Å². The summed E-state index contributed by atoms with van der Waals surface area (Å²) < 4.78 is 29.1. The van der Waals surface area contributed by atoms with E-state index in [0.717, 1.165) is 181 Å². The van der Waals surface area contributed by atoms with Crippen LogP contribution < -0.4 is 25.4 Å². The Morgan fingerprint density at radius 3 is 1.21 bits per heavy atom. The molecule has 0 atom stereocenters. The molecule has 3 aromatic heterocycles. The molecule has 0 amide bonds. The van der Waals surface area contributed by atoms with Crippen LogP contribution >= 0.6 is 31.9 Å². The van der Waals surface area contributed by atoms with Gasteiger partial charge in [0.15, 0.2) is 22.9 Å². The van der Waals surface area contributed by atoms with Crippen LogP contribution in [0, 0.1) is 59.0 Å². The summed E-state index contributed by atoms with van der Waals surface area (Å²) in [4.78, 5) is 64.2. The van der Waals surface area contributed by atoms with Crippen molar-refractivity contribution in [3.05, 3.63) is 259 Å². The summed E-state index contributed by atoms with van der Waals surface area (Å²) in [6.07, 6.45) is 16.8. The van der Waals surface area contributed by atoms with Crippen LogP contribution in [0.1, 0.15) is 143 Å². The number of benzene rings is 5. The Balaban J connectivity index is 0.000000182. The number of likely N-dealkylation sites (tertiary alicyclic amines) is 3. The number of aromatic carboxylic acids is 1. The molecule has 5 aromatic carbocycles. The minimum absolute atomic E-state index is 0.0585. The highest BCUT2D eigenvalue weighted by molar-refractivity contribution is 9.10. The van der Waals surface area contributed by atoms with Gasteiger partial charge in [0.1, 0.15) is 40.8 Å². The number of nitrogens with zero attached hydrogens (tertiary/aromatic N) is 12. The Hall–Kier alpha value is -10.1. The molecule has 8 aromatic rings. The summed E-state index contributed by atoms with van der Waals surface area (Å²) in [5.41, 5.74) is 15.2. The number of hydrogen-bond donors (Lipinski definition) is 3. The smallest absolute Gasteiger partial charge is 0.354 e. The van der Waals surface area contributed by atoms with Gasteiger partial charge in [0.05, 0.1) is 68.5 Å². The van der Waals surface area contributed by atoms with E-state index >= 15 is 0 Å². The van der Waals surface area contributed by atoms with Gasteiger partial charge in [0.25, 0.3) is 0 Å². The number of carboxylic acid groups (broad SMARTS) is 1. The quantitative estimate of drug-likeness (QED) is 0.0533. The van der Waals surface area contributed by atoms with Gasteiger partial charge in [-0.2, -0.15) is 15.8 Å². The number of carbonyl (C=O) groups excluding carboxylic acids is 2. The number of nitrogens with one attached hydrogen (secondary N) is 1. The molecule has 4 N–H and O–H groups in total. The Bertz CT molecular complexity index is 4270. The predicted molar refractivity (Wildman–Crippen MR) is 420 cm³/mol. The van der Waals surface area contributed by atoms with Gasteiger partial charge in [-0.3, -0.25) is 38.6 Å². The first-order chi connectivity index (χ1) is 52.5. The van der Waals surface area contributed by atoms with Gasteiger partial charge in [-0.15, -0.1) is 0 Å². The van der Waals surface area contributed by atoms with Crippen LogP contribution in [0.5, 0.6) is 11.5 Å². The highest BCUT2D eigenvalue weighted by atomic mass is 79.9. The van der Waals surface area contributed by atoms with Crippen LogP contribution in [0.2, 0.25) is 0 Å². The van der Waals surface area contributed by atoms with E-state index in [1.54, 1.807) is 42.6 Å². The molecule has 5 aliphatic heterocycles. The van der Waals surface area contributed by atoms with Crippen LogP contribution in [0.25, 0.3) is 9.69 Å². The first-order valence-corrected chi connectivity index (χ1v) is 37.6. The molecule has 13 rings (SSSR count). The number of anilines is 1. The number of rotatable bonds is 18. The van der Waals surface area contributed by atoms with Crippen LogP contribution in [-0.2, 0) is 19.6 Å². The van der Waals surface area contributed by atoms with Crippen LogP contribution in [0.15, 0.2) is 185 Å². The third-order valence-electron chi connectivity index (χ3n) is 19.1. The first-order valence-electron chi connectivity index (χ1n) is 36.7. The number of halogens is 3. The highest BCUT2D eigenvalue weighted by Gasteiger charge is 2.26. The largest absolute Gasteiger partial charge is 0.490 e. The van der Waals surface area contributed by atoms with Crippen molar-refractivity contribution >= 4 is 66.5 Å². The molecule has 5 fully saturated rings. The van der Waals surface area contributed by atoms with E-state index < -0.39 is 13.1 Å². The van der Waals surface area contributed by atoms with Crippen LogP contribution in [0.4, 0.5) is 21.5 Å². The second kappa shape index (κ2) is 44.8. The number of hydrogen-bond acceptors (Lipinski definition) is 17. The second-order valence-corrected chi connectivity index (χ2v) is 28.6. The molecule has 0 bridgehead atoms. The molecule has 0 saturated carbocycles. The number of piperidine rings is 5. The summed E-state index contributed by atoms with van der Waals surface area (Å²) in [5.74, 6) is 1.77. The lowest BCUT2D eigenvalue weighted by atomic mass is 9.90. The summed E-state index contributed by atoms with van der Waals surface area (Å²) in [6.45, 7) is 26.6. The van der Waals surface area contributed by atoms with E-state index in [1.807, 2.05) is 121 Å². The fourth-order valence-electron chi connectivity index (χ4n) is 12.9. The molecule has 0 unspecified atom stereocenters. The lowest BCUT2D eigenvalue weighted by Gasteiger charge is -2.33. The molecule has 0 radical (unpaired) electrons. The lowest BCUT2D eigenvalue weighted by Crippen LogP contribution is -2.39. The molecular weight excluding hydrogens is 1480 g/mol. The normalized spacial score (nSPS) is 16.0. The fraction of sp³-hybridized carbons (Fsp3) is 0.369. The van der Waals surface area contributed by atoms with Crippen molar-refractivity contribution in [2.24, 2.45) is 17.6 Å². The maximum absolute atomic E-state index is 12.9. The molecule has 0 aliphatic carbocycles. The van der Waals surface area contributed by atoms with Gasteiger partial charge in [-0.05, 0) is 261 Å². The van der Waals surface area contributed by atoms with E-state index in [9.17, 15) is 18.8 Å². The molecule has 107 heavy (non-hydrogen) atoms. The van der Waals surface area contributed by atoms with Crippen LogP contribution in [-0.4, -0.2) is 143 Å². The van der Waals surface area contributed by atoms with Gasteiger partial charge in [0.2, 0.25) is 0 Å². The number of nitriles is 3. The van der Waals surface area contributed by atoms with Crippen molar-refractivity contribution in [1.29, 1.82) is 15.8 Å². The number of pyridine rings is 3. The molecule has 23 heteroatoms. The molecular formula is C84H91Br2FN14O6. The number of ketones is 2. The van der Waals surface area contributed by atoms with E-state index in [4.69, 9.17) is 50.6 Å². The number of aromatic nitrogens is 3. The number of carboxylic acids is 1. The maximum Gasteiger partial charge on any atom is 0.354 e. The lowest BCUT2D eigenvalue weighted by molar-refractivity contribution is 0.0689. The van der Waals surface area contributed by atoms with Gasteiger partial charge < -0.3 is 30.5 Å². The Morgan fingerprint density at radius 1 is 0.523 bits per heavy atom. The number of Topliss-reactive ketones (excluding diaryl/α,β-unsaturated/α-hetero) is 2. The molecule has 8 heterocycles. The molecule has 554 valence electrons. The fourth-order valence-corrected chi connectivity index (χ4v) is 13.3. The zero-order chi connectivity index (χ0) is 76.8. The van der Waals surface area contributed by atoms with Crippen molar-refractivity contribution < 1.29 is 34.7 Å². The minimum atomic E-state index is -1.01. The Labute approximate surface area is 646 Å². The molecule has 0 spiro atoms. The SMILES string of the molecule is N#Cc1ccc(CN2CCC(CC(=O)c3ccc(Br)cn3)CC2)cc1.N#Cc1ccc(CN2CCC(N)CC2)cc1.O=C(O)c1ccc(Br)cn1.[2H]CF.[C-]#[N+]c1ccc(OC2CCN(c3ccc(C(=O)CC4CCN(Cc5ccc(C#N)cc5)CC4)nc3)CC2)cc1.[C-]#[N+]c1ccc(OC2CCNCC2)cc1. The summed E-state index contributed by atoms with van der Waals surface area (Å²) in [5, 5.41) is 38.2. The monoisotopic (exact) mass is 1570 g/mol. The average Bonchev–Trinajstić information content (AvgIpc) is 0.849. The Morgan fingerprint density at radius 2 is 0.879 bits per heavy atom. The van der Waals surface area contributed by atoms with Gasteiger partial charge >= 0.3 is 5.97 Å².